The molecule has 0 radical (unpaired) electrons. The molecular weight excluding hydrogens is 408 g/mol. The average Bonchev–Trinajstić information content (AvgIpc) is 3.14. The first-order valence-corrected chi connectivity index (χ1v) is 10.8. The molecular formula is C22H23ClN2O3S. The molecule has 0 unspecified atom stereocenters. The quantitative estimate of drug-likeness (QED) is 0.563. The molecule has 1 N–H and O–H groups in total. The summed E-state index contributed by atoms with van der Waals surface area (Å²) < 4.78 is 11.7. The van der Waals surface area contributed by atoms with E-state index in [0.29, 0.717) is 15.8 Å². The van der Waals surface area contributed by atoms with Gasteiger partial charge in [-0.25, -0.2) is 4.98 Å². The molecule has 4 rings (SSSR count). The highest BCUT2D eigenvalue weighted by atomic mass is 35.5. The highest BCUT2D eigenvalue weighted by Crippen LogP contribution is 2.41. The Balaban J connectivity index is 1.72. The maximum atomic E-state index is 10.2. The maximum absolute atomic E-state index is 10.2. The van der Waals surface area contributed by atoms with Gasteiger partial charge in [-0.05, 0) is 62.7 Å². The molecule has 3 heterocycles. The summed E-state index contributed by atoms with van der Waals surface area (Å²) in [4.78, 5) is 10.2. The number of rotatable bonds is 5. The molecule has 0 amide bonds. The van der Waals surface area contributed by atoms with Crippen LogP contribution in [0, 0.1) is 0 Å². The Morgan fingerprint density at radius 3 is 2.55 bits per heavy atom. The van der Waals surface area contributed by atoms with Crippen LogP contribution in [0.15, 0.2) is 57.0 Å². The maximum Gasteiger partial charge on any atom is 0.199 e. The molecule has 1 saturated heterocycles. The predicted molar refractivity (Wildman–Crippen MR) is 113 cm³/mol. The number of hydrogen-bond donors (Lipinski definition) is 1. The van der Waals surface area contributed by atoms with E-state index in [0.717, 1.165) is 48.1 Å². The number of halogens is 1. The third-order valence-corrected chi connectivity index (χ3v) is 6.37. The summed E-state index contributed by atoms with van der Waals surface area (Å²) in [6, 6.07) is 11.4. The number of benzene rings is 1. The van der Waals surface area contributed by atoms with Gasteiger partial charge in [0.1, 0.15) is 11.3 Å². The Labute approximate surface area is 179 Å². The average molecular weight is 431 g/mol. The fourth-order valence-corrected chi connectivity index (χ4v) is 4.37. The van der Waals surface area contributed by atoms with Crippen LogP contribution in [-0.4, -0.2) is 28.3 Å². The SMILES string of the molecule is CC(C)(O)c1ccc(-c2nc(C3CCOCC3)oc2Sc2ccccc2Cl)cn1. The van der Waals surface area contributed by atoms with Crippen molar-refractivity contribution in [3.8, 4) is 11.3 Å². The number of pyridine rings is 1. The van der Waals surface area contributed by atoms with Gasteiger partial charge in [0, 0.05) is 35.8 Å². The third-order valence-electron chi connectivity index (χ3n) is 4.89. The van der Waals surface area contributed by atoms with Gasteiger partial charge in [-0.1, -0.05) is 23.7 Å². The van der Waals surface area contributed by atoms with Crippen LogP contribution in [-0.2, 0) is 10.3 Å². The molecule has 0 spiro atoms. The summed E-state index contributed by atoms with van der Waals surface area (Å²) >= 11 is 7.82. The summed E-state index contributed by atoms with van der Waals surface area (Å²) in [7, 11) is 0. The van der Waals surface area contributed by atoms with Gasteiger partial charge in [0.05, 0.1) is 10.7 Å². The Morgan fingerprint density at radius 2 is 1.90 bits per heavy atom. The van der Waals surface area contributed by atoms with Crippen LogP contribution in [0.1, 0.15) is 44.2 Å². The van der Waals surface area contributed by atoms with Crippen molar-refractivity contribution in [3.63, 3.8) is 0 Å². The molecule has 5 nitrogen and oxygen atoms in total. The van der Waals surface area contributed by atoms with Crippen molar-refractivity contribution in [2.45, 2.75) is 48.2 Å². The molecule has 0 bridgehead atoms. The number of nitrogens with zero attached hydrogens (tertiary/aromatic N) is 2. The van der Waals surface area contributed by atoms with Crippen LogP contribution in [0.2, 0.25) is 5.02 Å². The molecule has 29 heavy (non-hydrogen) atoms. The highest BCUT2D eigenvalue weighted by Gasteiger charge is 2.26. The second-order valence-corrected chi connectivity index (χ2v) is 9.02. The van der Waals surface area contributed by atoms with Crippen molar-refractivity contribution in [3.05, 3.63) is 59.2 Å². The molecule has 0 saturated carbocycles. The second-order valence-electron chi connectivity index (χ2n) is 7.60. The molecule has 1 fully saturated rings. The Hall–Kier alpha value is -1.86. The van der Waals surface area contributed by atoms with Gasteiger partial charge < -0.3 is 14.3 Å². The molecule has 0 aliphatic carbocycles. The molecule has 152 valence electrons. The lowest BCUT2D eigenvalue weighted by Crippen LogP contribution is -2.17. The first-order chi connectivity index (χ1) is 13.9. The van der Waals surface area contributed by atoms with Crippen molar-refractivity contribution in [2.75, 3.05) is 13.2 Å². The summed E-state index contributed by atoms with van der Waals surface area (Å²) in [5.41, 5.74) is 1.20. The van der Waals surface area contributed by atoms with Gasteiger partial charge >= 0.3 is 0 Å². The van der Waals surface area contributed by atoms with E-state index in [1.165, 1.54) is 11.8 Å². The van der Waals surface area contributed by atoms with Crippen LogP contribution >= 0.6 is 23.4 Å². The van der Waals surface area contributed by atoms with Gasteiger partial charge in [0.15, 0.2) is 11.0 Å². The standard InChI is InChI=1S/C22H23ClN2O3S/c1-22(2,26)18-8-7-15(13-24-18)19-21(29-17-6-4-3-5-16(17)23)28-20(25-19)14-9-11-27-12-10-14/h3-8,13-14,26H,9-12H2,1-2H3. The van der Waals surface area contributed by atoms with Gasteiger partial charge in [-0.15, -0.1) is 0 Å². The van der Waals surface area contributed by atoms with E-state index in [2.05, 4.69) is 4.98 Å². The smallest absolute Gasteiger partial charge is 0.199 e. The predicted octanol–water partition coefficient (Wildman–Crippen LogP) is 5.66. The van der Waals surface area contributed by atoms with Crippen LogP contribution in [0.5, 0.6) is 0 Å². The zero-order valence-electron chi connectivity index (χ0n) is 16.4. The zero-order valence-corrected chi connectivity index (χ0v) is 18.0. The number of oxazole rings is 1. The van der Waals surface area contributed by atoms with Crippen LogP contribution < -0.4 is 0 Å². The monoisotopic (exact) mass is 430 g/mol. The minimum atomic E-state index is -0.995. The molecule has 3 aromatic rings. The summed E-state index contributed by atoms with van der Waals surface area (Å²) in [5.74, 6) is 0.969. The summed E-state index contributed by atoms with van der Waals surface area (Å²) in [6.07, 6.45) is 3.52. The van der Waals surface area contributed by atoms with Crippen molar-refractivity contribution in [1.82, 2.24) is 9.97 Å². The zero-order chi connectivity index (χ0) is 20.4. The lowest BCUT2D eigenvalue weighted by Gasteiger charge is -2.18. The lowest BCUT2D eigenvalue weighted by atomic mass is 10.0. The summed E-state index contributed by atoms with van der Waals surface area (Å²) in [5, 5.41) is 11.5. The largest absolute Gasteiger partial charge is 0.433 e. The number of ether oxygens (including phenoxy) is 1. The minimum absolute atomic E-state index is 0.242. The van der Waals surface area contributed by atoms with E-state index in [1.807, 2.05) is 36.4 Å². The van der Waals surface area contributed by atoms with E-state index < -0.39 is 5.60 Å². The molecule has 7 heteroatoms. The van der Waals surface area contributed by atoms with Crippen molar-refractivity contribution < 1.29 is 14.3 Å². The lowest BCUT2D eigenvalue weighted by molar-refractivity contribution is 0.0739. The molecule has 1 aliphatic heterocycles. The first-order valence-electron chi connectivity index (χ1n) is 9.62. The number of aliphatic hydroxyl groups is 1. The Bertz CT molecular complexity index is 976. The highest BCUT2D eigenvalue weighted by molar-refractivity contribution is 7.99. The fourth-order valence-electron chi connectivity index (χ4n) is 3.22. The molecule has 2 aromatic heterocycles. The van der Waals surface area contributed by atoms with E-state index >= 15 is 0 Å². The van der Waals surface area contributed by atoms with Gasteiger partial charge in [-0.3, -0.25) is 4.98 Å². The van der Waals surface area contributed by atoms with Crippen molar-refractivity contribution in [2.24, 2.45) is 0 Å². The van der Waals surface area contributed by atoms with Gasteiger partial charge in [-0.2, -0.15) is 0 Å². The van der Waals surface area contributed by atoms with Gasteiger partial charge in [0.2, 0.25) is 0 Å². The molecule has 1 aliphatic rings. The van der Waals surface area contributed by atoms with E-state index in [9.17, 15) is 5.11 Å². The second kappa shape index (κ2) is 8.48. The fraction of sp³-hybridized carbons (Fsp3) is 0.364. The van der Waals surface area contributed by atoms with Crippen LogP contribution in [0.4, 0.5) is 0 Å². The van der Waals surface area contributed by atoms with Gasteiger partial charge in [0.25, 0.3) is 0 Å². The van der Waals surface area contributed by atoms with E-state index in [-0.39, 0.29) is 5.92 Å². The number of aromatic nitrogens is 2. The topological polar surface area (TPSA) is 68.4 Å². The van der Waals surface area contributed by atoms with Crippen molar-refractivity contribution in [1.29, 1.82) is 0 Å². The number of hydrogen-bond acceptors (Lipinski definition) is 6. The Kier molecular flexibility index (Phi) is 5.97. The van der Waals surface area contributed by atoms with Crippen LogP contribution in [0.3, 0.4) is 0 Å². The Morgan fingerprint density at radius 1 is 1.14 bits per heavy atom. The first kappa shape index (κ1) is 20.4. The van der Waals surface area contributed by atoms with E-state index in [1.54, 1.807) is 20.0 Å². The van der Waals surface area contributed by atoms with E-state index in [4.69, 9.17) is 25.7 Å². The normalized spacial score (nSPS) is 15.6. The van der Waals surface area contributed by atoms with Crippen molar-refractivity contribution >= 4 is 23.4 Å². The third kappa shape index (κ3) is 4.67. The molecule has 0 atom stereocenters. The minimum Gasteiger partial charge on any atom is -0.433 e. The molecule has 1 aromatic carbocycles. The summed E-state index contributed by atoms with van der Waals surface area (Å²) in [6.45, 7) is 4.87. The van der Waals surface area contributed by atoms with Crippen LogP contribution in [0.25, 0.3) is 11.3 Å².